The third kappa shape index (κ3) is 6.03. The third-order valence-electron chi connectivity index (χ3n) is 5.15. The summed E-state index contributed by atoms with van der Waals surface area (Å²) >= 11 is 0. The van der Waals surface area contributed by atoms with E-state index in [0.717, 1.165) is 36.8 Å². The maximum absolute atomic E-state index is 13.0. The highest BCUT2D eigenvalue weighted by molar-refractivity contribution is 7.89. The van der Waals surface area contributed by atoms with Gasteiger partial charge < -0.3 is 10.6 Å². The van der Waals surface area contributed by atoms with Crippen LogP contribution in [0.5, 0.6) is 0 Å². The van der Waals surface area contributed by atoms with Crippen molar-refractivity contribution in [2.75, 3.05) is 26.7 Å². The lowest BCUT2D eigenvalue weighted by Gasteiger charge is -2.26. The summed E-state index contributed by atoms with van der Waals surface area (Å²) in [5.41, 5.74) is 1.91. The summed E-state index contributed by atoms with van der Waals surface area (Å²) in [6.45, 7) is 2.29. The van der Waals surface area contributed by atoms with Gasteiger partial charge in [0.15, 0.2) is 5.96 Å². The van der Waals surface area contributed by atoms with Crippen molar-refractivity contribution in [1.82, 2.24) is 14.9 Å². The second-order valence-corrected chi connectivity index (χ2v) is 9.28. The second-order valence-electron chi connectivity index (χ2n) is 7.34. The standard InChI is InChI=1S/C22H29FN4O2S/c1-24-22(25-13-12-18-8-10-20(23)11-9-18)26-17-19-6-5-7-21(16-19)30(28,29)27-14-3-2-4-15-27/h5-11,16H,2-4,12-15,17H2,1H3,(H2,24,25,26). The molecule has 0 spiro atoms. The van der Waals surface area contributed by atoms with Crippen LogP contribution in [0.3, 0.4) is 0 Å². The van der Waals surface area contributed by atoms with Crippen molar-refractivity contribution in [2.24, 2.45) is 4.99 Å². The van der Waals surface area contributed by atoms with E-state index in [1.165, 1.54) is 12.1 Å². The smallest absolute Gasteiger partial charge is 0.243 e. The highest BCUT2D eigenvalue weighted by atomic mass is 32.2. The topological polar surface area (TPSA) is 73.8 Å². The Morgan fingerprint density at radius 3 is 2.47 bits per heavy atom. The number of nitrogens with one attached hydrogen (secondary N) is 2. The first-order valence-corrected chi connectivity index (χ1v) is 11.7. The zero-order valence-corrected chi connectivity index (χ0v) is 18.1. The van der Waals surface area contributed by atoms with Crippen LogP contribution in [0.15, 0.2) is 58.4 Å². The first-order chi connectivity index (χ1) is 14.5. The molecule has 1 aliphatic heterocycles. The average molecular weight is 433 g/mol. The van der Waals surface area contributed by atoms with Crippen LogP contribution in [-0.2, 0) is 23.0 Å². The van der Waals surface area contributed by atoms with Gasteiger partial charge in [0.2, 0.25) is 10.0 Å². The Labute approximate surface area is 178 Å². The molecule has 1 saturated heterocycles. The van der Waals surface area contributed by atoms with Crippen molar-refractivity contribution in [3.8, 4) is 0 Å². The fourth-order valence-electron chi connectivity index (χ4n) is 3.45. The van der Waals surface area contributed by atoms with Crippen LogP contribution >= 0.6 is 0 Å². The second kappa shape index (κ2) is 10.5. The fraction of sp³-hybridized carbons (Fsp3) is 0.409. The van der Waals surface area contributed by atoms with Gasteiger partial charge in [0, 0.05) is 33.2 Å². The first-order valence-electron chi connectivity index (χ1n) is 10.3. The van der Waals surface area contributed by atoms with Crippen LogP contribution in [0, 0.1) is 5.82 Å². The molecule has 0 radical (unpaired) electrons. The normalized spacial score (nSPS) is 15.7. The van der Waals surface area contributed by atoms with Crippen LogP contribution in [0.25, 0.3) is 0 Å². The molecule has 6 nitrogen and oxygen atoms in total. The van der Waals surface area contributed by atoms with Crippen molar-refractivity contribution >= 4 is 16.0 Å². The SMILES string of the molecule is CN=C(NCCc1ccc(F)cc1)NCc1cccc(S(=O)(=O)N2CCCCC2)c1. The molecular weight excluding hydrogens is 403 g/mol. The Kier molecular flexibility index (Phi) is 7.81. The van der Waals surface area contributed by atoms with Crippen molar-refractivity contribution in [3.05, 3.63) is 65.5 Å². The number of piperidine rings is 1. The lowest BCUT2D eigenvalue weighted by atomic mass is 10.1. The molecule has 1 fully saturated rings. The number of hydrogen-bond acceptors (Lipinski definition) is 3. The van der Waals surface area contributed by atoms with Gasteiger partial charge in [-0.1, -0.05) is 30.7 Å². The summed E-state index contributed by atoms with van der Waals surface area (Å²) in [6, 6.07) is 13.5. The molecule has 2 N–H and O–H groups in total. The largest absolute Gasteiger partial charge is 0.356 e. The van der Waals surface area contributed by atoms with Gasteiger partial charge in [-0.05, 0) is 54.7 Å². The van der Waals surface area contributed by atoms with Crippen molar-refractivity contribution in [1.29, 1.82) is 0 Å². The Morgan fingerprint density at radius 1 is 1.03 bits per heavy atom. The highest BCUT2D eigenvalue weighted by Crippen LogP contribution is 2.21. The van der Waals surface area contributed by atoms with E-state index in [2.05, 4.69) is 15.6 Å². The lowest BCUT2D eigenvalue weighted by molar-refractivity contribution is 0.346. The van der Waals surface area contributed by atoms with E-state index in [4.69, 9.17) is 0 Å². The Balaban J connectivity index is 1.54. The van der Waals surface area contributed by atoms with Crippen LogP contribution in [0.2, 0.25) is 0 Å². The van der Waals surface area contributed by atoms with E-state index in [-0.39, 0.29) is 5.82 Å². The summed E-state index contributed by atoms with van der Waals surface area (Å²) in [4.78, 5) is 4.54. The van der Waals surface area contributed by atoms with Crippen molar-refractivity contribution in [2.45, 2.75) is 37.1 Å². The van der Waals surface area contributed by atoms with Crippen LogP contribution < -0.4 is 10.6 Å². The monoisotopic (exact) mass is 432 g/mol. The third-order valence-corrected chi connectivity index (χ3v) is 7.05. The van der Waals surface area contributed by atoms with E-state index >= 15 is 0 Å². The number of nitrogens with zero attached hydrogens (tertiary/aromatic N) is 2. The van der Waals surface area contributed by atoms with E-state index in [1.807, 2.05) is 6.07 Å². The van der Waals surface area contributed by atoms with Gasteiger partial charge >= 0.3 is 0 Å². The lowest BCUT2D eigenvalue weighted by Crippen LogP contribution is -2.38. The molecule has 0 bridgehead atoms. The zero-order valence-electron chi connectivity index (χ0n) is 17.3. The number of aliphatic imine (C=N–C) groups is 1. The number of benzene rings is 2. The van der Waals surface area contributed by atoms with Gasteiger partial charge in [-0.25, -0.2) is 12.8 Å². The number of sulfonamides is 1. The Morgan fingerprint density at radius 2 is 1.77 bits per heavy atom. The predicted octanol–water partition coefficient (Wildman–Crippen LogP) is 2.91. The quantitative estimate of drug-likeness (QED) is 0.521. The molecule has 8 heteroatoms. The van der Waals surface area contributed by atoms with E-state index < -0.39 is 10.0 Å². The summed E-state index contributed by atoms with van der Waals surface area (Å²) in [7, 11) is -1.76. The maximum Gasteiger partial charge on any atom is 0.243 e. The molecule has 0 unspecified atom stereocenters. The van der Waals surface area contributed by atoms with E-state index in [9.17, 15) is 12.8 Å². The molecular formula is C22H29FN4O2S. The highest BCUT2D eigenvalue weighted by Gasteiger charge is 2.25. The Hall–Kier alpha value is -2.45. The number of hydrogen-bond donors (Lipinski definition) is 2. The minimum atomic E-state index is -3.44. The maximum atomic E-state index is 13.0. The molecule has 0 amide bonds. The number of guanidine groups is 1. The molecule has 0 aliphatic carbocycles. The molecule has 2 aromatic rings. The number of halogens is 1. The van der Waals surface area contributed by atoms with Crippen LogP contribution in [0.4, 0.5) is 4.39 Å². The van der Waals surface area contributed by atoms with Crippen LogP contribution in [-0.4, -0.2) is 45.4 Å². The molecule has 1 aliphatic rings. The molecule has 0 saturated carbocycles. The molecule has 0 atom stereocenters. The molecule has 2 aromatic carbocycles. The molecule has 0 aromatic heterocycles. The molecule has 30 heavy (non-hydrogen) atoms. The summed E-state index contributed by atoms with van der Waals surface area (Å²) < 4.78 is 40.3. The molecule has 1 heterocycles. The minimum absolute atomic E-state index is 0.242. The van der Waals surface area contributed by atoms with Crippen molar-refractivity contribution in [3.63, 3.8) is 0 Å². The summed E-state index contributed by atoms with van der Waals surface area (Å²) in [5, 5.41) is 6.43. The van der Waals surface area contributed by atoms with Gasteiger partial charge in [-0.2, -0.15) is 4.31 Å². The number of rotatable bonds is 7. The van der Waals surface area contributed by atoms with E-state index in [0.29, 0.717) is 37.0 Å². The average Bonchev–Trinajstić information content (AvgIpc) is 2.78. The predicted molar refractivity (Wildman–Crippen MR) is 117 cm³/mol. The summed E-state index contributed by atoms with van der Waals surface area (Å²) in [6.07, 6.45) is 3.66. The van der Waals surface area contributed by atoms with Gasteiger partial charge in [0.1, 0.15) is 5.82 Å². The van der Waals surface area contributed by atoms with Crippen LogP contribution in [0.1, 0.15) is 30.4 Å². The van der Waals surface area contributed by atoms with Gasteiger partial charge in [0.25, 0.3) is 0 Å². The zero-order chi connectivity index (χ0) is 21.4. The molecule has 162 valence electrons. The van der Waals surface area contributed by atoms with E-state index in [1.54, 1.807) is 41.7 Å². The minimum Gasteiger partial charge on any atom is -0.356 e. The fourth-order valence-corrected chi connectivity index (χ4v) is 5.04. The van der Waals surface area contributed by atoms with Gasteiger partial charge in [-0.3, -0.25) is 4.99 Å². The Bertz CT molecular complexity index is 955. The summed E-state index contributed by atoms with van der Waals surface area (Å²) in [5.74, 6) is 0.384. The van der Waals surface area contributed by atoms with Gasteiger partial charge in [0.05, 0.1) is 4.90 Å². The molecule has 3 rings (SSSR count). The first kappa shape index (κ1) is 22.2. The van der Waals surface area contributed by atoms with Crippen molar-refractivity contribution < 1.29 is 12.8 Å². The van der Waals surface area contributed by atoms with Gasteiger partial charge in [-0.15, -0.1) is 0 Å².